The molecule has 1 unspecified atom stereocenters. The van der Waals surface area contributed by atoms with Crippen LogP contribution in [0.5, 0.6) is 0 Å². The van der Waals surface area contributed by atoms with E-state index in [4.69, 9.17) is 11.6 Å². The molecule has 2 aromatic carbocycles. The highest BCUT2D eigenvalue weighted by Gasteiger charge is 2.23. The number of rotatable bonds is 7. The van der Waals surface area contributed by atoms with Crippen LogP contribution in [0.3, 0.4) is 0 Å². The molecule has 0 saturated heterocycles. The van der Waals surface area contributed by atoms with Crippen molar-refractivity contribution in [2.75, 3.05) is 6.54 Å². The van der Waals surface area contributed by atoms with E-state index in [9.17, 15) is 9.90 Å². The molecule has 28 heavy (non-hydrogen) atoms. The second kappa shape index (κ2) is 8.63. The summed E-state index contributed by atoms with van der Waals surface area (Å²) in [4.78, 5) is 11.9. The SMILES string of the molecule is Cc1c(CNCC(C)c2ccccc2)c(C(=O)O)c(C)n1-c1ccc(Cl)cc1. The number of nitrogens with zero attached hydrogens (tertiary/aromatic N) is 1. The lowest BCUT2D eigenvalue weighted by Crippen LogP contribution is -2.21. The highest BCUT2D eigenvalue weighted by Crippen LogP contribution is 2.27. The number of hydrogen-bond donors (Lipinski definition) is 2. The number of carboxylic acid groups (broad SMARTS) is 1. The van der Waals surface area contributed by atoms with E-state index in [0.717, 1.165) is 29.2 Å². The number of halogens is 1. The van der Waals surface area contributed by atoms with Gasteiger partial charge in [-0.1, -0.05) is 48.9 Å². The van der Waals surface area contributed by atoms with Crippen molar-refractivity contribution in [2.45, 2.75) is 33.2 Å². The second-order valence-electron chi connectivity index (χ2n) is 7.08. The van der Waals surface area contributed by atoms with Gasteiger partial charge < -0.3 is 15.0 Å². The fraction of sp³-hybridized carbons (Fsp3) is 0.261. The summed E-state index contributed by atoms with van der Waals surface area (Å²) in [6.07, 6.45) is 0. The largest absolute Gasteiger partial charge is 0.478 e. The van der Waals surface area contributed by atoms with Crippen molar-refractivity contribution in [1.82, 2.24) is 9.88 Å². The van der Waals surface area contributed by atoms with Crippen LogP contribution >= 0.6 is 11.6 Å². The Hall–Kier alpha value is -2.56. The first-order valence-corrected chi connectivity index (χ1v) is 9.73. The highest BCUT2D eigenvalue weighted by atomic mass is 35.5. The van der Waals surface area contributed by atoms with E-state index in [1.807, 2.05) is 60.9 Å². The molecular formula is C23H25ClN2O2. The van der Waals surface area contributed by atoms with Crippen molar-refractivity contribution in [3.05, 3.63) is 87.7 Å². The van der Waals surface area contributed by atoms with Crippen molar-refractivity contribution in [2.24, 2.45) is 0 Å². The van der Waals surface area contributed by atoms with Gasteiger partial charge in [0.05, 0.1) is 5.56 Å². The zero-order chi connectivity index (χ0) is 20.3. The van der Waals surface area contributed by atoms with Gasteiger partial charge in [0.15, 0.2) is 0 Å². The van der Waals surface area contributed by atoms with E-state index in [1.165, 1.54) is 5.56 Å². The lowest BCUT2D eigenvalue weighted by atomic mass is 10.0. The molecular weight excluding hydrogens is 372 g/mol. The van der Waals surface area contributed by atoms with Gasteiger partial charge in [-0.3, -0.25) is 0 Å². The minimum absolute atomic E-state index is 0.342. The molecule has 0 spiro atoms. The van der Waals surface area contributed by atoms with Gasteiger partial charge in [-0.15, -0.1) is 0 Å². The van der Waals surface area contributed by atoms with Gasteiger partial charge in [0.1, 0.15) is 0 Å². The number of carbonyl (C=O) groups is 1. The maximum absolute atomic E-state index is 11.9. The number of nitrogens with one attached hydrogen (secondary N) is 1. The second-order valence-corrected chi connectivity index (χ2v) is 7.52. The highest BCUT2D eigenvalue weighted by molar-refractivity contribution is 6.30. The number of aromatic nitrogens is 1. The molecule has 0 saturated carbocycles. The summed E-state index contributed by atoms with van der Waals surface area (Å²) < 4.78 is 1.98. The maximum Gasteiger partial charge on any atom is 0.337 e. The van der Waals surface area contributed by atoms with Crippen LogP contribution in [-0.4, -0.2) is 22.2 Å². The Morgan fingerprint density at radius 2 is 1.71 bits per heavy atom. The normalized spacial score (nSPS) is 12.1. The first-order chi connectivity index (χ1) is 13.4. The fourth-order valence-electron chi connectivity index (χ4n) is 3.69. The predicted molar refractivity (Wildman–Crippen MR) is 114 cm³/mol. The zero-order valence-corrected chi connectivity index (χ0v) is 17.1. The Morgan fingerprint density at radius 3 is 2.32 bits per heavy atom. The number of benzene rings is 2. The van der Waals surface area contributed by atoms with E-state index >= 15 is 0 Å². The molecule has 0 bridgehead atoms. The number of aromatic carboxylic acids is 1. The minimum atomic E-state index is -0.902. The van der Waals surface area contributed by atoms with Crippen LogP contribution in [0.2, 0.25) is 5.02 Å². The summed E-state index contributed by atoms with van der Waals surface area (Å²) in [5.74, 6) is -0.560. The van der Waals surface area contributed by atoms with E-state index in [-0.39, 0.29) is 0 Å². The van der Waals surface area contributed by atoms with E-state index in [2.05, 4.69) is 24.4 Å². The topological polar surface area (TPSA) is 54.3 Å². The Labute approximate surface area is 170 Å². The lowest BCUT2D eigenvalue weighted by molar-refractivity contribution is 0.0695. The van der Waals surface area contributed by atoms with Crippen molar-refractivity contribution in [3.8, 4) is 5.69 Å². The summed E-state index contributed by atoms with van der Waals surface area (Å²) in [6, 6.07) is 17.7. The van der Waals surface area contributed by atoms with Crippen LogP contribution in [0, 0.1) is 13.8 Å². The average Bonchev–Trinajstić information content (AvgIpc) is 2.93. The summed E-state index contributed by atoms with van der Waals surface area (Å²) in [6.45, 7) is 7.25. The molecule has 146 valence electrons. The third kappa shape index (κ3) is 4.13. The first-order valence-electron chi connectivity index (χ1n) is 9.35. The average molecular weight is 397 g/mol. The summed E-state index contributed by atoms with van der Waals surface area (Å²) in [7, 11) is 0. The third-order valence-corrected chi connectivity index (χ3v) is 5.44. The number of hydrogen-bond acceptors (Lipinski definition) is 2. The van der Waals surface area contributed by atoms with Gasteiger partial charge in [-0.25, -0.2) is 4.79 Å². The van der Waals surface area contributed by atoms with Crippen LogP contribution in [0.4, 0.5) is 0 Å². The van der Waals surface area contributed by atoms with E-state index < -0.39 is 5.97 Å². The van der Waals surface area contributed by atoms with E-state index in [1.54, 1.807) is 0 Å². The summed E-state index contributed by atoms with van der Waals surface area (Å²) in [5.41, 5.74) is 5.01. The first kappa shape index (κ1) is 20.2. The van der Waals surface area contributed by atoms with Crippen LogP contribution in [0.1, 0.15) is 45.7 Å². The molecule has 1 heterocycles. The smallest absolute Gasteiger partial charge is 0.337 e. The van der Waals surface area contributed by atoms with Crippen LogP contribution in [0.25, 0.3) is 5.69 Å². The van der Waals surface area contributed by atoms with Crippen LogP contribution < -0.4 is 5.32 Å². The van der Waals surface area contributed by atoms with Crippen molar-refractivity contribution in [3.63, 3.8) is 0 Å². The fourth-order valence-corrected chi connectivity index (χ4v) is 3.81. The van der Waals surface area contributed by atoms with Crippen LogP contribution in [0.15, 0.2) is 54.6 Å². The molecule has 2 N–H and O–H groups in total. The van der Waals surface area contributed by atoms with Gasteiger partial charge in [0.25, 0.3) is 0 Å². The molecule has 0 aliphatic heterocycles. The standard InChI is InChI=1S/C23H25ClN2O2/c1-15(18-7-5-4-6-8-18)13-25-14-21-16(2)26(17(3)22(21)23(27)28)20-11-9-19(24)10-12-20/h4-12,15,25H,13-14H2,1-3H3,(H,27,28). The molecule has 1 aromatic heterocycles. The molecule has 3 aromatic rings. The molecule has 0 fully saturated rings. The Kier molecular flexibility index (Phi) is 6.22. The molecule has 0 amide bonds. The quantitative estimate of drug-likeness (QED) is 0.566. The molecule has 0 radical (unpaired) electrons. The predicted octanol–water partition coefficient (Wildman–Crippen LogP) is 5.34. The number of carboxylic acids is 1. The maximum atomic E-state index is 11.9. The molecule has 1 atom stereocenters. The lowest BCUT2D eigenvalue weighted by Gasteiger charge is -2.14. The Morgan fingerprint density at radius 1 is 1.07 bits per heavy atom. The Bertz CT molecular complexity index is 963. The Balaban J connectivity index is 1.85. The van der Waals surface area contributed by atoms with E-state index in [0.29, 0.717) is 23.0 Å². The van der Waals surface area contributed by atoms with Crippen molar-refractivity contribution < 1.29 is 9.90 Å². The summed E-state index contributed by atoms with van der Waals surface area (Å²) in [5, 5.41) is 13.9. The van der Waals surface area contributed by atoms with Gasteiger partial charge in [-0.2, -0.15) is 0 Å². The monoisotopic (exact) mass is 396 g/mol. The molecule has 3 rings (SSSR count). The summed E-state index contributed by atoms with van der Waals surface area (Å²) >= 11 is 6.00. The van der Waals surface area contributed by atoms with Gasteiger partial charge >= 0.3 is 5.97 Å². The van der Waals surface area contributed by atoms with Crippen molar-refractivity contribution in [1.29, 1.82) is 0 Å². The molecule has 0 aliphatic rings. The van der Waals surface area contributed by atoms with Crippen molar-refractivity contribution >= 4 is 17.6 Å². The molecule has 5 heteroatoms. The third-order valence-electron chi connectivity index (χ3n) is 5.19. The van der Waals surface area contributed by atoms with Gasteiger partial charge in [-0.05, 0) is 49.6 Å². The van der Waals surface area contributed by atoms with Gasteiger partial charge in [0, 0.05) is 40.8 Å². The molecule has 0 aliphatic carbocycles. The zero-order valence-electron chi connectivity index (χ0n) is 16.4. The molecule has 4 nitrogen and oxygen atoms in total. The van der Waals surface area contributed by atoms with Crippen LogP contribution in [-0.2, 0) is 6.54 Å². The minimum Gasteiger partial charge on any atom is -0.478 e. The van der Waals surface area contributed by atoms with Gasteiger partial charge in [0.2, 0.25) is 0 Å².